The molecule has 0 saturated heterocycles. The molecule has 1 aliphatic rings. The predicted molar refractivity (Wildman–Crippen MR) is 129 cm³/mol. The van der Waals surface area contributed by atoms with E-state index in [1.54, 1.807) is 24.3 Å². The maximum Gasteiger partial charge on any atom is 0.205 e. The fourth-order valence-electron chi connectivity index (χ4n) is 3.74. The standard InChI is InChI=1S/C25H18IN3O4/c1-31-22-9-16(8-20(26)24(22)32-13-15-5-3-2-4-14(15)11-27)23-18-7-6-17(30)10-21(18)33-25(29)19(23)12-28/h2-10,23,30H,13,29H2,1H3/t23-/m1/s1. The molecule has 0 amide bonds. The number of aromatic hydroxyl groups is 1. The highest BCUT2D eigenvalue weighted by atomic mass is 127. The number of phenolic OH excluding ortho intramolecular Hbond substituents is 1. The van der Waals surface area contributed by atoms with Crippen LogP contribution in [0.4, 0.5) is 0 Å². The van der Waals surface area contributed by atoms with Gasteiger partial charge in [0.25, 0.3) is 0 Å². The van der Waals surface area contributed by atoms with Gasteiger partial charge < -0.3 is 25.1 Å². The molecule has 1 atom stereocenters. The monoisotopic (exact) mass is 551 g/mol. The van der Waals surface area contributed by atoms with Crippen molar-refractivity contribution in [2.75, 3.05) is 7.11 Å². The average molecular weight is 551 g/mol. The highest BCUT2D eigenvalue weighted by molar-refractivity contribution is 14.1. The van der Waals surface area contributed by atoms with Gasteiger partial charge >= 0.3 is 0 Å². The molecule has 1 heterocycles. The van der Waals surface area contributed by atoms with Gasteiger partial charge in [-0.1, -0.05) is 24.3 Å². The molecule has 0 fully saturated rings. The lowest BCUT2D eigenvalue weighted by atomic mass is 9.83. The number of nitriles is 2. The van der Waals surface area contributed by atoms with Crippen molar-refractivity contribution in [2.45, 2.75) is 12.5 Å². The number of nitrogens with two attached hydrogens (primary N) is 1. The highest BCUT2D eigenvalue weighted by Gasteiger charge is 2.32. The maximum absolute atomic E-state index is 9.85. The molecule has 4 rings (SSSR count). The molecule has 0 saturated carbocycles. The Morgan fingerprint density at radius 1 is 1.12 bits per heavy atom. The highest BCUT2D eigenvalue weighted by Crippen LogP contribution is 2.46. The Hall–Kier alpha value is -3.89. The number of hydrogen-bond acceptors (Lipinski definition) is 7. The molecule has 1 aliphatic heterocycles. The number of methoxy groups -OCH3 is 1. The largest absolute Gasteiger partial charge is 0.508 e. The van der Waals surface area contributed by atoms with Gasteiger partial charge in [0.15, 0.2) is 11.5 Å². The van der Waals surface area contributed by atoms with Crippen LogP contribution in [0.25, 0.3) is 0 Å². The van der Waals surface area contributed by atoms with E-state index < -0.39 is 5.92 Å². The Balaban J connectivity index is 1.75. The molecule has 164 valence electrons. The molecule has 0 aromatic heterocycles. The molecule has 33 heavy (non-hydrogen) atoms. The van der Waals surface area contributed by atoms with Crippen molar-refractivity contribution in [1.82, 2.24) is 0 Å². The van der Waals surface area contributed by atoms with E-state index in [0.29, 0.717) is 28.4 Å². The number of fused-ring (bicyclic) bond motifs is 1. The number of ether oxygens (including phenoxy) is 3. The summed E-state index contributed by atoms with van der Waals surface area (Å²) in [4.78, 5) is 0. The smallest absolute Gasteiger partial charge is 0.205 e. The summed E-state index contributed by atoms with van der Waals surface area (Å²) < 4.78 is 18.0. The van der Waals surface area contributed by atoms with Gasteiger partial charge in [0.1, 0.15) is 29.7 Å². The Labute approximate surface area is 204 Å². The summed E-state index contributed by atoms with van der Waals surface area (Å²) in [6.45, 7) is 0.200. The molecule has 3 aromatic carbocycles. The molecule has 3 aromatic rings. The van der Waals surface area contributed by atoms with E-state index >= 15 is 0 Å². The van der Waals surface area contributed by atoms with Gasteiger partial charge in [-0.15, -0.1) is 0 Å². The molecule has 0 aliphatic carbocycles. The van der Waals surface area contributed by atoms with Crippen LogP contribution < -0.4 is 19.9 Å². The first-order chi connectivity index (χ1) is 16.0. The normalized spacial score (nSPS) is 14.5. The lowest BCUT2D eigenvalue weighted by Gasteiger charge is -2.27. The second-order valence-electron chi connectivity index (χ2n) is 7.24. The number of hydrogen-bond donors (Lipinski definition) is 2. The van der Waals surface area contributed by atoms with Crippen LogP contribution in [0.2, 0.25) is 0 Å². The van der Waals surface area contributed by atoms with E-state index in [2.05, 4.69) is 34.7 Å². The van der Waals surface area contributed by atoms with Crippen molar-refractivity contribution in [3.05, 3.63) is 91.9 Å². The van der Waals surface area contributed by atoms with E-state index in [4.69, 9.17) is 19.9 Å². The minimum Gasteiger partial charge on any atom is -0.508 e. The van der Waals surface area contributed by atoms with E-state index in [0.717, 1.165) is 14.7 Å². The number of phenols is 1. The van der Waals surface area contributed by atoms with Gasteiger partial charge in [-0.3, -0.25) is 0 Å². The average Bonchev–Trinajstić information content (AvgIpc) is 2.82. The molecular formula is C25H18IN3O4. The zero-order valence-electron chi connectivity index (χ0n) is 17.5. The molecule has 8 heteroatoms. The molecular weight excluding hydrogens is 533 g/mol. The SMILES string of the molecule is COc1cc([C@H]2C(C#N)=C(N)Oc3cc(O)ccc32)cc(I)c1OCc1ccccc1C#N. The summed E-state index contributed by atoms with van der Waals surface area (Å²) in [5.74, 6) is 0.920. The summed E-state index contributed by atoms with van der Waals surface area (Å²) in [6, 6.07) is 20.0. The van der Waals surface area contributed by atoms with Crippen molar-refractivity contribution in [3.8, 4) is 35.1 Å². The van der Waals surface area contributed by atoms with Crippen molar-refractivity contribution in [3.63, 3.8) is 0 Å². The number of rotatable bonds is 5. The Morgan fingerprint density at radius 3 is 2.64 bits per heavy atom. The number of allylic oxidation sites excluding steroid dienone is 1. The summed E-state index contributed by atoms with van der Waals surface area (Å²) in [5.41, 5.74) is 9.07. The van der Waals surface area contributed by atoms with E-state index in [-0.39, 0.29) is 23.8 Å². The van der Waals surface area contributed by atoms with Crippen LogP contribution in [0.3, 0.4) is 0 Å². The van der Waals surface area contributed by atoms with E-state index in [1.807, 2.05) is 18.2 Å². The molecule has 0 unspecified atom stereocenters. The van der Waals surface area contributed by atoms with Crippen molar-refractivity contribution in [2.24, 2.45) is 5.73 Å². The maximum atomic E-state index is 9.85. The number of nitrogens with zero attached hydrogens (tertiary/aromatic N) is 2. The van der Waals surface area contributed by atoms with Crippen LogP contribution >= 0.6 is 22.6 Å². The zero-order valence-corrected chi connectivity index (χ0v) is 19.7. The molecule has 0 spiro atoms. The van der Waals surface area contributed by atoms with Crippen molar-refractivity contribution < 1.29 is 19.3 Å². The van der Waals surface area contributed by atoms with Crippen LogP contribution in [-0.4, -0.2) is 12.2 Å². The van der Waals surface area contributed by atoms with Crippen molar-refractivity contribution in [1.29, 1.82) is 10.5 Å². The summed E-state index contributed by atoms with van der Waals surface area (Å²) in [7, 11) is 1.54. The van der Waals surface area contributed by atoms with Crippen LogP contribution in [-0.2, 0) is 6.61 Å². The lowest BCUT2D eigenvalue weighted by Crippen LogP contribution is -2.21. The number of halogens is 1. The lowest BCUT2D eigenvalue weighted by molar-refractivity contribution is 0.282. The second-order valence-corrected chi connectivity index (χ2v) is 8.40. The Kier molecular flexibility index (Phi) is 6.29. The summed E-state index contributed by atoms with van der Waals surface area (Å²) in [6.07, 6.45) is 0. The van der Waals surface area contributed by atoms with Gasteiger partial charge in [0.05, 0.1) is 28.2 Å². The fraction of sp³-hybridized carbons (Fsp3) is 0.120. The van der Waals surface area contributed by atoms with E-state index in [1.165, 1.54) is 19.2 Å². The molecule has 0 radical (unpaired) electrons. The third-order valence-corrected chi connectivity index (χ3v) is 6.10. The topological polar surface area (TPSA) is 122 Å². The first kappa shape index (κ1) is 22.3. The van der Waals surface area contributed by atoms with Gasteiger partial charge in [-0.25, -0.2) is 0 Å². The minimum atomic E-state index is -0.505. The van der Waals surface area contributed by atoms with Crippen LogP contribution in [0.5, 0.6) is 23.0 Å². The van der Waals surface area contributed by atoms with Crippen molar-refractivity contribution >= 4 is 22.6 Å². The van der Waals surface area contributed by atoms with Crippen LogP contribution in [0.15, 0.2) is 66.1 Å². The second kappa shape index (κ2) is 9.31. The quantitative estimate of drug-likeness (QED) is 0.442. The minimum absolute atomic E-state index is 0.0111. The third kappa shape index (κ3) is 4.26. The van der Waals surface area contributed by atoms with Gasteiger partial charge in [0.2, 0.25) is 5.88 Å². The van der Waals surface area contributed by atoms with Gasteiger partial charge in [-0.05, 0) is 52.4 Å². The molecule has 3 N–H and O–H groups in total. The van der Waals surface area contributed by atoms with E-state index in [9.17, 15) is 15.6 Å². The zero-order chi connectivity index (χ0) is 23.5. The summed E-state index contributed by atoms with van der Waals surface area (Å²) >= 11 is 2.15. The third-order valence-electron chi connectivity index (χ3n) is 5.30. The summed E-state index contributed by atoms with van der Waals surface area (Å²) in [5, 5.41) is 28.9. The fourth-order valence-corrected chi connectivity index (χ4v) is 4.52. The first-order valence-electron chi connectivity index (χ1n) is 9.85. The van der Waals surface area contributed by atoms with Gasteiger partial charge in [-0.2, -0.15) is 10.5 Å². The molecule has 7 nitrogen and oxygen atoms in total. The van der Waals surface area contributed by atoms with Gasteiger partial charge in [0, 0.05) is 17.2 Å². The Bertz CT molecular complexity index is 1350. The van der Waals surface area contributed by atoms with Crippen LogP contribution in [0, 0.1) is 26.2 Å². The van der Waals surface area contributed by atoms with Crippen LogP contribution in [0.1, 0.15) is 28.2 Å². The Morgan fingerprint density at radius 2 is 1.91 bits per heavy atom. The molecule has 0 bridgehead atoms. The number of benzene rings is 3. The first-order valence-corrected chi connectivity index (χ1v) is 10.9. The predicted octanol–water partition coefficient (Wildman–Crippen LogP) is 4.67.